The van der Waals surface area contributed by atoms with E-state index < -0.39 is 0 Å². The first kappa shape index (κ1) is 11.0. The molecule has 0 fully saturated rings. The molecule has 3 N–H and O–H groups in total. The van der Waals surface area contributed by atoms with Crippen molar-refractivity contribution in [1.82, 2.24) is 5.32 Å². The Balaban J connectivity index is 3.03. The lowest BCUT2D eigenvalue weighted by molar-refractivity contribution is 0.810. The molecule has 0 aliphatic carbocycles. The minimum absolute atomic E-state index is 0.848. The Morgan fingerprint density at radius 2 is 2.14 bits per heavy atom. The van der Waals surface area contributed by atoms with Crippen LogP contribution in [0.4, 0.5) is 5.69 Å². The van der Waals surface area contributed by atoms with Crippen molar-refractivity contribution in [2.75, 3.05) is 19.1 Å². The molecule has 0 aromatic heterocycles. The van der Waals surface area contributed by atoms with E-state index >= 15 is 0 Å². The van der Waals surface area contributed by atoms with Crippen molar-refractivity contribution < 1.29 is 0 Å². The first-order valence-electron chi connectivity index (χ1n) is 4.93. The van der Waals surface area contributed by atoms with E-state index in [0.29, 0.717) is 0 Å². The standard InChI is InChI=1S/C11H19N3/c1-4-9-5-6-10(8-13-2)11(7-9)14(3)12/h5-7,13H,4,8,12H2,1-3H3. The summed E-state index contributed by atoms with van der Waals surface area (Å²) in [6, 6.07) is 6.43. The van der Waals surface area contributed by atoms with E-state index in [1.165, 1.54) is 11.1 Å². The Morgan fingerprint density at radius 1 is 1.43 bits per heavy atom. The molecule has 1 aromatic rings. The van der Waals surface area contributed by atoms with Crippen LogP contribution in [0.25, 0.3) is 0 Å². The van der Waals surface area contributed by atoms with Crippen LogP contribution in [0, 0.1) is 0 Å². The molecular formula is C11H19N3. The Kier molecular flexibility index (Phi) is 3.92. The highest BCUT2D eigenvalue weighted by Crippen LogP contribution is 2.19. The summed E-state index contributed by atoms with van der Waals surface area (Å²) in [5.41, 5.74) is 3.64. The summed E-state index contributed by atoms with van der Waals surface area (Å²) in [6.07, 6.45) is 1.04. The van der Waals surface area contributed by atoms with Crippen LogP contribution in [-0.4, -0.2) is 14.1 Å². The van der Waals surface area contributed by atoms with Crippen molar-refractivity contribution in [3.8, 4) is 0 Å². The molecule has 0 atom stereocenters. The molecule has 1 aromatic carbocycles. The zero-order valence-electron chi connectivity index (χ0n) is 9.17. The summed E-state index contributed by atoms with van der Waals surface area (Å²) in [5.74, 6) is 5.77. The fraction of sp³-hybridized carbons (Fsp3) is 0.455. The Morgan fingerprint density at radius 3 is 2.64 bits per heavy atom. The molecule has 0 aliphatic rings. The van der Waals surface area contributed by atoms with Gasteiger partial charge in [0.1, 0.15) is 0 Å². The zero-order valence-corrected chi connectivity index (χ0v) is 9.17. The van der Waals surface area contributed by atoms with Crippen molar-refractivity contribution in [3.05, 3.63) is 29.3 Å². The topological polar surface area (TPSA) is 41.3 Å². The number of hydrazine groups is 1. The van der Waals surface area contributed by atoms with E-state index in [4.69, 9.17) is 5.84 Å². The van der Waals surface area contributed by atoms with Gasteiger partial charge in [-0.2, -0.15) is 0 Å². The Hall–Kier alpha value is -1.06. The number of hydrogen-bond donors (Lipinski definition) is 2. The van der Waals surface area contributed by atoms with E-state index in [2.05, 4.69) is 30.4 Å². The lowest BCUT2D eigenvalue weighted by Gasteiger charge is -2.18. The average Bonchev–Trinajstić information content (AvgIpc) is 2.18. The third-order valence-corrected chi connectivity index (χ3v) is 2.31. The molecule has 1 rings (SSSR count). The van der Waals surface area contributed by atoms with Crippen LogP contribution in [0.1, 0.15) is 18.1 Å². The fourth-order valence-electron chi connectivity index (χ4n) is 1.50. The monoisotopic (exact) mass is 193 g/mol. The van der Waals surface area contributed by atoms with Gasteiger partial charge in [0.05, 0.1) is 5.69 Å². The molecule has 3 nitrogen and oxygen atoms in total. The maximum Gasteiger partial charge on any atom is 0.0561 e. The van der Waals surface area contributed by atoms with Gasteiger partial charge >= 0.3 is 0 Å². The lowest BCUT2D eigenvalue weighted by atomic mass is 10.1. The molecule has 0 amide bonds. The minimum atomic E-state index is 0.848. The molecule has 0 unspecified atom stereocenters. The van der Waals surface area contributed by atoms with Gasteiger partial charge < -0.3 is 10.3 Å². The van der Waals surface area contributed by atoms with Gasteiger partial charge in [0.25, 0.3) is 0 Å². The predicted molar refractivity (Wildman–Crippen MR) is 61.2 cm³/mol. The van der Waals surface area contributed by atoms with E-state index in [9.17, 15) is 0 Å². The van der Waals surface area contributed by atoms with Crippen molar-refractivity contribution >= 4 is 5.69 Å². The Labute approximate surface area is 85.9 Å². The van der Waals surface area contributed by atoms with Gasteiger partial charge in [-0.3, -0.25) is 0 Å². The number of benzene rings is 1. The largest absolute Gasteiger partial charge is 0.316 e. The van der Waals surface area contributed by atoms with Crippen molar-refractivity contribution in [2.24, 2.45) is 5.84 Å². The number of nitrogens with zero attached hydrogens (tertiary/aromatic N) is 1. The molecule has 0 bridgehead atoms. The molecule has 0 saturated carbocycles. The molecule has 0 heterocycles. The summed E-state index contributed by atoms with van der Waals surface area (Å²) in [5, 5.41) is 4.81. The normalized spacial score (nSPS) is 10.3. The first-order chi connectivity index (χ1) is 6.69. The fourth-order valence-corrected chi connectivity index (χ4v) is 1.50. The van der Waals surface area contributed by atoms with Gasteiger partial charge in [0.2, 0.25) is 0 Å². The van der Waals surface area contributed by atoms with Crippen LogP contribution in [0.3, 0.4) is 0 Å². The van der Waals surface area contributed by atoms with E-state index in [1.54, 1.807) is 5.01 Å². The van der Waals surface area contributed by atoms with Crippen LogP contribution >= 0.6 is 0 Å². The number of aryl methyl sites for hydroxylation is 1. The Bertz CT molecular complexity index is 295. The maximum atomic E-state index is 5.77. The molecular weight excluding hydrogens is 174 g/mol. The highest BCUT2D eigenvalue weighted by atomic mass is 15.4. The highest BCUT2D eigenvalue weighted by molar-refractivity contribution is 5.54. The van der Waals surface area contributed by atoms with Crippen molar-refractivity contribution in [2.45, 2.75) is 19.9 Å². The molecule has 14 heavy (non-hydrogen) atoms. The smallest absolute Gasteiger partial charge is 0.0561 e. The van der Waals surface area contributed by atoms with Crippen molar-refractivity contribution in [3.63, 3.8) is 0 Å². The number of nitrogens with one attached hydrogen (secondary N) is 1. The summed E-state index contributed by atoms with van der Waals surface area (Å²) in [4.78, 5) is 0. The third-order valence-electron chi connectivity index (χ3n) is 2.31. The van der Waals surface area contributed by atoms with Gasteiger partial charge in [-0.05, 0) is 30.7 Å². The summed E-state index contributed by atoms with van der Waals surface area (Å²) >= 11 is 0. The molecule has 0 spiro atoms. The zero-order chi connectivity index (χ0) is 10.6. The minimum Gasteiger partial charge on any atom is -0.316 e. The number of nitrogens with two attached hydrogens (primary N) is 1. The second kappa shape index (κ2) is 4.98. The molecule has 0 aliphatic heterocycles. The second-order valence-corrected chi connectivity index (χ2v) is 3.46. The van der Waals surface area contributed by atoms with Crippen LogP contribution < -0.4 is 16.2 Å². The van der Waals surface area contributed by atoms with Crippen LogP contribution in [0.5, 0.6) is 0 Å². The number of rotatable bonds is 4. The molecule has 0 radical (unpaired) electrons. The van der Waals surface area contributed by atoms with Crippen molar-refractivity contribution in [1.29, 1.82) is 0 Å². The predicted octanol–water partition coefficient (Wildman–Crippen LogP) is 1.28. The number of hydrogen-bond acceptors (Lipinski definition) is 3. The molecule has 78 valence electrons. The van der Waals surface area contributed by atoms with E-state index in [-0.39, 0.29) is 0 Å². The maximum absolute atomic E-state index is 5.77. The SMILES string of the molecule is CCc1ccc(CNC)c(N(C)N)c1. The van der Waals surface area contributed by atoms with Crippen LogP contribution in [0.2, 0.25) is 0 Å². The third kappa shape index (κ3) is 2.47. The molecule has 0 saturated heterocycles. The number of anilines is 1. The van der Waals surface area contributed by atoms with Gasteiger partial charge in [-0.15, -0.1) is 0 Å². The van der Waals surface area contributed by atoms with Crippen LogP contribution in [-0.2, 0) is 13.0 Å². The summed E-state index contributed by atoms with van der Waals surface area (Å²) < 4.78 is 0. The average molecular weight is 193 g/mol. The highest BCUT2D eigenvalue weighted by Gasteiger charge is 2.04. The van der Waals surface area contributed by atoms with E-state index in [1.807, 2.05) is 14.1 Å². The van der Waals surface area contributed by atoms with Crippen LogP contribution in [0.15, 0.2) is 18.2 Å². The van der Waals surface area contributed by atoms with Gasteiger partial charge in [0, 0.05) is 13.6 Å². The summed E-state index contributed by atoms with van der Waals surface area (Å²) in [6.45, 7) is 2.99. The van der Waals surface area contributed by atoms with Gasteiger partial charge in [-0.1, -0.05) is 19.1 Å². The van der Waals surface area contributed by atoms with Gasteiger partial charge in [0.15, 0.2) is 0 Å². The lowest BCUT2D eigenvalue weighted by Crippen LogP contribution is -2.27. The molecule has 3 heteroatoms. The quantitative estimate of drug-likeness (QED) is 0.559. The van der Waals surface area contributed by atoms with E-state index in [0.717, 1.165) is 18.7 Å². The second-order valence-electron chi connectivity index (χ2n) is 3.46. The van der Waals surface area contributed by atoms with Gasteiger partial charge in [-0.25, -0.2) is 5.84 Å². The summed E-state index contributed by atoms with van der Waals surface area (Å²) in [7, 11) is 3.81. The first-order valence-corrected chi connectivity index (χ1v) is 4.93.